The van der Waals surface area contributed by atoms with Crippen LogP contribution in [0.5, 0.6) is 0 Å². The zero-order chi connectivity index (χ0) is 13.0. The van der Waals surface area contributed by atoms with Gasteiger partial charge in [0.25, 0.3) is 0 Å². The van der Waals surface area contributed by atoms with Crippen molar-refractivity contribution in [2.24, 2.45) is 0 Å². The van der Waals surface area contributed by atoms with Crippen LogP contribution in [0.2, 0.25) is 0 Å². The molecule has 0 saturated heterocycles. The first kappa shape index (κ1) is 16.7. The van der Waals surface area contributed by atoms with E-state index >= 15 is 0 Å². The van der Waals surface area contributed by atoms with Gasteiger partial charge in [0.1, 0.15) is 0 Å². The van der Waals surface area contributed by atoms with Crippen molar-refractivity contribution in [2.75, 3.05) is 0 Å². The summed E-state index contributed by atoms with van der Waals surface area (Å²) in [4.78, 5) is 0. The van der Waals surface area contributed by atoms with Gasteiger partial charge in [-0.15, -0.1) is 5.98 Å². The molecule has 0 spiro atoms. The fourth-order valence-electron chi connectivity index (χ4n) is 1.64. The van der Waals surface area contributed by atoms with Crippen LogP contribution in [0.15, 0.2) is 60.6 Å². The molecule has 19 heavy (non-hydrogen) atoms. The Morgan fingerprint density at radius 2 is 1.26 bits per heavy atom. The molecular weight excluding hydrogens is 275 g/mol. The Labute approximate surface area is 153 Å². The van der Waals surface area contributed by atoms with Crippen molar-refractivity contribution in [3.63, 3.8) is 0 Å². The van der Waals surface area contributed by atoms with Gasteiger partial charge in [-0.2, -0.15) is 0 Å². The van der Waals surface area contributed by atoms with E-state index in [1.807, 2.05) is 42.5 Å². The van der Waals surface area contributed by atoms with Crippen LogP contribution in [0.3, 0.4) is 0 Å². The monoisotopic (exact) mass is 286 g/mol. The van der Waals surface area contributed by atoms with E-state index in [9.17, 15) is 12.9 Å². The van der Waals surface area contributed by atoms with Crippen LogP contribution in [0.25, 0.3) is 17.2 Å². The summed E-state index contributed by atoms with van der Waals surface area (Å²) in [6, 6.07) is 16.7. The summed E-state index contributed by atoms with van der Waals surface area (Å²) in [7, 11) is 0. The Balaban J connectivity index is 0.00000180. The molecule has 0 radical (unpaired) electrons. The molecule has 0 aliphatic carbocycles. The fourth-order valence-corrected chi connectivity index (χ4v) is 1.64. The fraction of sp³-hybridized carbons (Fsp3) is 0. The molecule has 0 atom stereocenters. The van der Waals surface area contributed by atoms with E-state index in [1.165, 1.54) is 0 Å². The Kier molecular flexibility index (Phi) is 6.56. The van der Waals surface area contributed by atoms with Gasteiger partial charge in [0.2, 0.25) is 0 Å². The smallest absolute Gasteiger partial charge is 0.445 e. The number of benzene rings is 2. The van der Waals surface area contributed by atoms with Crippen molar-refractivity contribution in [1.29, 1.82) is 0 Å². The zero-order valence-electron chi connectivity index (χ0n) is 10.6. The van der Waals surface area contributed by atoms with E-state index in [4.69, 9.17) is 0 Å². The molecule has 2 aromatic carbocycles. The van der Waals surface area contributed by atoms with Crippen molar-refractivity contribution < 1.29 is 64.3 Å². The van der Waals surface area contributed by atoms with Crippen LogP contribution < -0.4 is 51.4 Å². The SMILES string of the molecule is F[B-](F)(F)/C=C/c1ccc(-c2ccccc2)cc1.[K+]. The summed E-state index contributed by atoms with van der Waals surface area (Å²) < 4.78 is 36.2. The third-order valence-electron chi connectivity index (χ3n) is 2.52. The molecule has 0 amide bonds. The van der Waals surface area contributed by atoms with Gasteiger partial charge in [-0.05, 0) is 16.7 Å². The molecule has 2 rings (SSSR count). The van der Waals surface area contributed by atoms with Gasteiger partial charge >= 0.3 is 58.4 Å². The zero-order valence-corrected chi connectivity index (χ0v) is 13.7. The van der Waals surface area contributed by atoms with Crippen molar-refractivity contribution in [1.82, 2.24) is 0 Å². The summed E-state index contributed by atoms with van der Waals surface area (Å²) in [5, 5.41) is 0. The van der Waals surface area contributed by atoms with Gasteiger partial charge < -0.3 is 12.9 Å². The van der Waals surface area contributed by atoms with E-state index in [0.717, 1.165) is 17.2 Å². The summed E-state index contributed by atoms with van der Waals surface area (Å²) in [6.45, 7) is -4.87. The molecule has 0 unspecified atom stereocenters. The molecule has 0 nitrogen and oxygen atoms in total. The van der Waals surface area contributed by atoms with Gasteiger partial charge in [-0.1, -0.05) is 60.7 Å². The minimum Gasteiger partial charge on any atom is -0.445 e. The first-order valence-electron chi connectivity index (χ1n) is 5.59. The standard InChI is InChI=1S/C14H11BF3.K/c16-15(17,18)11-10-12-6-8-14(9-7-12)13-4-2-1-3-5-13;/h1-11H;/q-1;+1/b11-10+;. The van der Waals surface area contributed by atoms with Crippen LogP contribution in [0.4, 0.5) is 12.9 Å². The Morgan fingerprint density at radius 3 is 1.79 bits per heavy atom. The molecule has 0 aromatic heterocycles. The van der Waals surface area contributed by atoms with Crippen LogP contribution >= 0.6 is 0 Å². The number of halogens is 3. The minimum absolute atomic E-state index is 0. The molecule has 0 aliphatic heterocycles. The molecule has 0 fully saturated rings. The predicted molar refractivity (Wildman–Crippen MR) is 70.0 cm³/mol. The number of hydrogen-bond donors (Lipinski definition) is 0. The molecule has 0 saturated carbocycles. The predicted octanol–water partition coefficient (Wildman–Crippen LogP) is 1.76. The second kappa shape index (κ2) is 7.45. The quantitative estimate of drug-likeness (QED) is 0.754. The third-order valence-corrected chi connectivity index (χ3v) is 2.52. The Bertz CT molecular complexity index is 533. The van der Waals surface area contributed by atoms with Crippen LogP contribution in [-0.4, -0.2) is 6.98 Å². The number of rotatable bonds is 3. The minimum atomic E-state index is -4.87. The van der Waals surface area contributed by atoms with E-state index in [0.29, 0.717) is 11.5 Å². The van der Waals surface area contributed by atoms with Gasteiger partial charge in [-0.25, -0.2) is 0 Å². The van der Waals surface area contributed by atoms with E-state index in [2.05, 4.69) is 0 Å². The first-order chi connectivity index (χ1) is 8.54. The molecule has 2 aromatic rings. The summed E-state index contributed by atoms with van der Waals surface area (Å²) in [6.07, 6.45) is 1.09. The topological polar surface area (TPSA) is 0 Å². The van der Waals surface area contributed by atoms with Gasteiger partial charge in [0.05, 0.1) is 0 Å². The summed E-state index contributed by atoms with van der Waals surface area (Å²) in [5.41, 5.74) is 2.59. The number of hydrogen-bond acceptors (Lipinski definition) is 0. The summed E-state index contributed by atoms with van der Waals surface area (Å²) >= 11 is 0. The molecule has 0 aliphatic rings. The maximum Gasteiger partial charge on any atom is 1.00 e. The van der Waals surface area contributed by atoms with Crippen molar-refractivity contribution in [2.45, 2.75) is 0 Å². The average molecular weight is 286 g/mol. The van der Waals surface area contributed by atoms with E-state index < -0.39 is 6.98 Å². The second-order valence-corrected chi connectivity index (χ2v) is 3.97. The maximum absolute atomic E-state index is 12.1. The van der Waals surface area contributed by atoms with E-state index in [1.54, 1.807) is 12.1 Å². The Morgan fingerprint density at radius 1 is 0.737 bits per heavy atom. The van der Waals surface area contributed by atoms with Crippen LogP contribution in [0.1, 0.15) is 5.56 Å². The van der Waals surface area contributed by atoms with E-state index in [-0.39, 0.29) is 51.4 Å². The Hall–Kier alpha value is -0.329. The average Bonchev–Trinajstić information content (AvgIpc) is 2.37. The molecule has 0 bridgehead atoms. The van der Waals surface area contributed by atoms with Crippen molar-refractivity contribution in [3.8, 4) is 11.1 Å². The van der Waals surface area contributed by atoms with Crippen molar-refractivity contribution >= 4 is 13.1 Å². The molecular formula is C14H11BF3K. The van der Waals surface area contributed by atoms with Gasteiger partial charge in [-0.3, -0.25) is 0 Å². The molecule has 92 valence electrons. The van der Waals surface area contributed by atoms with Gasteiger partial charge in [0.15, 0.2) is 0 Å². The first-order valence-corrected chi connectivity index (χ1v) is 5.59. The maximum atomic E-state index is 12.1. The molecule has 0 heterocycles. The van der Waals surface area contributed by atoms with Crippen molar-refractivity contribution in [3.05, 3.63) is 66.1 Å². The third kappa shape index (κ3) is 5.67. The van der Waals surface area contributed by atoms with Crippen LogP contribution in [0, 0.1) is 0 Å². The van der Waals surface area contributed by atoms with Gasteiger partial charge in [0, 0.05) is 0 Å². The summed E-state index contributed by atoms with van der Waals surface area (Å²) in [5.74, 6) is 0.303. The van der Waals surface area contributed by atoms with Crippen LogP contribution in [-0.2, 0) is 0 Å². The molecule has 5 heteroatoms. The second-order valence-electron chi connectivity index (χ2n) is 3.97. The largest absolute Gasteiger partial charge is 1.00 e. The molecule has 0 N–H and O–H groups in total. The normalized spacial score (nSPS) is 11.3.